The Morgan fingerprint density at radius 1 is 1.38 bits per heavy atom. The second kappa shape index (κ2) is 7.74. The zero-order chi connectivity index (χ0) is 18.7. The van der Waals surface area contributed by atoms with Gasteiger partial charge in [-0.15, -0.1) is 0 Å². The summed E-state index contributed by atoms with van der Waals surface area (Å²) in [5.74, 6) is -0.0395. The molecule has 2 aliphatic heterocycles. The van der Waals surface area contributed by atoms with Crippen LogP contribution in [0, 0.1) is 0 Å². The lowest BCUT2D eigenvalue weighted by Crippen LogP contribution is -2.33. The number of hydrogen-bond acceptors (Lipinski definition) is 5. The van der Waals surface area contributed by atoms with Crippen LogP contribution in [0.25, 0.3) is 6.08 Å². The topological polar surface area (TPSA) is 65.1 Å². The molecule has 0 saturated carbocycles. The summed E-state index contributed by atoms with van der Waals surface area (Å²) >= 11 is 0. The van der Waals surface area contributed by atoms with E-state index in [1.807, 2.05) is 24.3 Å². The Labute approximate surface area is 153 Å². The van der Waals surface area contributed by atoms with Crippen molar-refractivity contribution in [3.63, 3.8) is 0 Å². The predicted octanol–water partition coefficient (Wildman–Crippen LogP) is 2.55. The summed E-state index contributed by atoms with van der Waals surface area (Å²) in [6.07, 6.45) is 3.62. The molecule has 0 N–H and O–H groups in total. The number of carbonyl (C=O) groups is 2. The lowest BCUT2D eigenvalue weighted by Gasteiger charge is -2.21. The minimum atomic E-state index is -0.514. The Hall–Kier alpha value is -2.60. The van der Waals surface area contributed by atoms with Crippen molar-refractivity contribution < 1.29 is 23.8 Å². The summed E-state index contributed by atoms with van der Waals surface area (Å²) in [7, 11) is 2.90. The van der Waals surface area contributed by atoms with Gasteiger partial charge in [-0.2, -0.15) is 0 Å². The first-order valence-corrected chi connectivity index (χ1v) is 8.64. The standard InChI is InChI=1S/C20H23NO5/c1-13-18(20(23)25-3)17(11-14-6-4-7-15(10-14)24-2)19(22)21(13)12-16-8-5-9-26-16/h4,6-7,10-11,16H,5,8-9,12H2,1-3H3/b17-11-/t16-/m1/s1. The zero-order valence-electron chi connectivity index (χ0n) is 15.3. The van der Waals surface area contributed by atoms with Crippen molar-refractivity contribution in [2.24, 2.45) is 0 Å². The van der Waals surface area contributed by atoms with E-state index in [0.717, 1.165) is 18.4 Å². The van der Waals surface area contributed by atoms with E-state index in [2.05, 4.69) is 0 Å². The van der Waals surface area contributed by atoms with Crippen LogP contribution in [0.4, 0.5) is 0 Å². The number of carbonyl (C=O) groups excluding carboxylic acids is 2. The Morgan fingerprint density at radius 3 is 2.85 bits per heavy atom. The lowest BCUT2D eigenvalue weighted by molar-refractivity contribution is -0.136. The summed E-state index contributed by atoms with van der Waals surface area (Å²) in [6, 6.07) is 7.33. The number of nitrogens with zero attached hydrogens (tertiary/aromatic N) is 1. The van der Waals surface area contributed by atoms with Crippen molar-refractivity contribution in [1.82, 2.24) is 4.90 Å². The molecule has 0 radical (unpaired) electrons. The molecule has 1 amide bonds. The Kier molecular flexibility index (Phi) is 5.42. The Balaban J connectivity index is 1.97. The fourth-order valence-electron chi connectivity index (χ4n) is 3.34. The Bertz CT molecular complexity index is 774. The van der Waals surface area contributed by atoms with E-state index in [-0.39, 0.29) is 12.0 Å². The van der Waals surface area contributed by atoms with Crippen molar-refractivity contribution >= 4 is 18.0 Å². The highest BCUT2D eigenvalue weighted by atomic mass is 16.5. The van der Waals surface area contributed by atoms with Crippen LogP contribution in [-0.2, 0) is 19.1 Å². The van der Waals surface area contributed by atoms with Crippen molar-refractivity contribution in [2.45, 2.75) is 25.9 Å². The van der Waals surface area contributed by atoms with Crippen LogP contribution in [0.5, 0.6) is 5.75 Å². The van der Waals surface area contributed by atoms with Gasteiger partial charge in [0.05, 0.1) is 38.0 Å². The molecule has 138 valence electrons. The van der Waals surface area contributed by atoms with Gasteiger partial charge in [-0.1, -0.05) is 12.1 Å². The van der Waals surface area contributed by atoms with Crippen LogP contribution in [-0.4, -0.2) is 50.3 Å². The third-order valence-corrected chi connectivity index (χ3v) is 4.72. The molecule has 1 aromatic carbocycles. The number of methoxy groups -OCH3 is 2. The van der Waals surface area contributed by atoms with E-state index < -0.39 is 5.97 Å². The molecule has 0 aromatic heterocycles. The molecular weight excluding hydrogens is 334 g/mol. The fourth-order valence-corrected chi connectivity index (χ4v) is 3.34. The van der Waals surface area contributed by atoms with Crippen molar-refractivity contribution in [2.75, 3.05) is 27.4 Å². The molecule has 3 rings (SSSR count). The largest absolute Gasteiger partial charge is 0.497 e. The molecule has 6 nitrogen and oxygen atoms in total. The number of hydrogen-bond donors (Lipinski definition) is 0. The molecule has 0 aliphatic carbocycles. The minimum absolute atomic E-state index is 0.00367. The van der Waals surface area contributed by atoms with Gasteiger partial charge in [0, 0.05) is 12.3 Å². The summed E-state index contributed by atoms with van der Waals surface area (Å²) in [6.45, 7) is 2.93. The molecule has 1 atom stereocenters. The van der Waals surface area contributed by atoms with Gasteiger partial charge in [-0.25, -0.2) is 4.79 Å². The van der Waals surface area contributed by atoms with E-state index in [4.69, 9.17) is 14.2 Å². The molecule has 6 heteroatoms. The quantitative estimate of drug-likeness (QED) is 0.599. The van der Waals surface area contributed by atoms with Crippen LogP contribution >= 0.6 is 0 Å². The van der Waals surface area contributed by atoms with Gasteiger partial charge >= 0.3 is 5.97 Å². The highest BCUT2D eigenvalue weighted by Crippen LogP contribution is 2.33. The second-order valence-corrected chi connectivity index (χ2v) is 6.34. The number of allylic oxidation sites excluding steroid dienone is 1. The fraction of sp³-hybridized carbons (Fsp3) is 0.400. The van der Waals surface area contributed by atoms with Crippen LogP contribution < -0.4 is 4.74 Å². The van der Waals surface area contributed by atoms with Gasteiger partial charge in [0.15, 0.2) is 0 Å². The highest BCUT2D eigenvalue weighted by Gasteiger charge is 2.38. The number of rotatable bonds is 5. The molecule has 1 fully saturated rings. The summed E-state index contributed by atoms with van der Waals surface area (Å²) in [5, 5.41) is 0. The normalized spacial score (nSPS) is 21.7. The van der Waals surface area contributed by atoms with Crippen molar-refractivity contribution in [3.8, 4) is 5.75 Å². The molecule has 2 heterocycles. The molecule has 0 unspecified atom stereocenters. The van der Waals surface area contributed by atoms with E-state index in [9.17, 15) is 9.59 Å². The van der Waals surface area contributed by atoms with Crippen LogP contribution in [0.1, 0.15) is 25.3 Å². The molecule has 0 bridgehead atoms. The smallest absolute Gasteiger partial charge is 0.340 e. The molecule has 1 saturated heterocycles. The van der Waals surface area contributed by atoms with Gasteiger partial charge in [-0.05, 0) is 43.5 Å². The predicted molar refractivity (Wildman–Crippen MR) is 96.4 cm³/mol. The monoisotopic (exact) mass is 357 g/mol. The maximum Gasteiger partial charge on any atom is 0.340 e. The van der Waals surface area contributed by atoms with Gasteiger partial charge < -0.3 is 19.1 Å². The molecule has 2 aliphatic rings. The second-order valence-electron chi connectivity index (χ2n) is 6.34. The maximum absolute atomic E-state index is 13.0. The SMILES string of the molecule is COC(=O)C1=C(C)N(C[C@H]2CCCO2)C(=O)/C1=C\c1cccc(OC)c1. The van der Waals surface area contributed by atoms with Gasteiger partial charge in [0.25, 0.3) is 5.91 Å². The number of ether oxygens (including phenoxy) is 3. The van der Waals surface area contributed by atoms with E-state index in [0.29, 0.717) is 35.7 Å². The average Bonchev–Trinajstić information content (AvgIpc) is 3.24. The zero-order valence-corrected chi connectivity index (χ0v) is 15.3. The molecule has 1 aromatic rings. The lowest BCUT2D eigenvalue weighted by atomic mass is 10.0. The van der Waals surface area contributed by atoms with Crippen LogP contribution in [0.3, 0.4) is 0 Å². The van der Waals surface area contributed by atoms with Crippen molar-refractivity contribution in [1.29, 1.82) is 0 Å². The van der Waals surface area contributed by atoms with E-state index in [1.165, 1.54) is 7.11 Å². The summed E-state index contributed by atoms with van der Waals surface area (Å²) in [5.41, 5.74) is 2.02. The third kappa shape index (κ3) is 3.51. The van der Waals surface area contributed by atoms with Gasteiger partial charge in [0.1, 0.15) is 5.75 Å². The third-order valence-electron chi connectivity index (χ3n) is 4.72. The van der Waals surface area contributed by atoms with Crippen molar-refractivity contribution in [3.05, 3.63) is 46.7 Å². The molecule has 0 spiro atoms. The first-order valence-electron chi connectivity index (χ1n) is 8.64. The van der Waals surface area contributed by atoms with E-state index in [1.54, 1.807) is 25.0 Å². The van der Waals surface area contributed by atoms with Gasteiger partial charge in [-0.3, -0.25) is 4.79 Å². The molecular formula is C20H23NO5. The van der Waals surface area contributed by atoms with Crippen LogP contribution in [0.2, 0.25) is 0 Å². The maximum atomic E-state index is 13.0. The number of amides is 1. The number of benzene rings is 1. The van der Waals surface area contributed by atoms with Crippen LogP contribution in [0.15, 0.2) is 41.1 Å². The average molecular weight is 357 g/mol. The van der Waals surface area contributed by atoms with E-state index >= 15 is 0 Å². The first-order chi connectivity index (χ1) is 12.5. The number of esters is 1. The first kappa shape index (κ1) is 18.2. The summed E-state index contributed by atoms with van der Waals surface area (Å²) in [4.78, 5) is 27.0. The summed E-state index contributed by atoms with van der Waals surface area (Å²) < 4.78 is 15.8. The van der Waals surface area contributed by atoms with Gasteiger partial charge in [0.2, 0.25) is 0 Å². The highest BCUT2D eigenvalue weighted by molar-refractivity contribution is 6.16. The molecule has 26 heavy (non-hydrogen) atoms. The minimum Gasteiger partial charge on any atom is -0.497 e. The Morgan fingerprint density at radius 2 is 2.19 bits per heavy atom.